The zero-order valence-corrected chi connectivity index (χ0v) is 17.9. The van der Waals surface area contributed by atoms with Crippen LogP contribution in [0.15, 0.2) is 23.0 Å². The lowest BCUT2D eigenvalue weighted by Crippen LogP contribution is -2.50. The summed E-state index contributed by atoms with van der Waals surface area (Å²) in [6.45, 7) is 2.80. The van der Waals surface area contributed by atoms with E-state index in [1.807, 2.05) is 36.9 Å². The van der Waals surface area contributed by atoms with Crippen LogP contribution in [0.3, 0.4) is 0 Å². The van der Waals surface area contributed by atoms with Crippen molar-refractivity contribution < 1.29 is 4.79 Å². The minimum absolute atomic E-state index is 0.0723. The minimum Gasteiger partial charge on any atom is -0.305 e. The Morgan fingerprint density at radius 2 is 1.79 bits per heavy atom. The molecule has 0 spiro atoms. The number of nitrogens with zero attached hydrogens (tertiary/aromatic N) is 2. The van der Waals surface area contributed by atoms with Gasteiger partial charge in [0.25, 0.3) is 0 Å². The smallest absolute Gasteiger partial charge is 0.305 e. The number of aromatic nitrogens is 1. The molecule has 0 amide bonds. The van der Waals surface area contributed by atoms with Crippen molar-refractivity contribution in [2.45, 2.75) is 58.0 Å². The molecular formula is C23H30N2O2S. The normalized spacial score (nSPS) is 32.4. The third-order valence-corrected chi connectivity index (χ3v) is 8.72. The Labute approximate surface area is 170 Å². The summed E-state index contributed by atoms with van der Waals surface area (Å²) in [6.07, 6.45) is 7.31. The monoisotopic (exact) mass is 398 g/mol. The molecule has 4 aliphatic rings. The van der Waals surface area contributed by atoms with Gasteiger partial charge < -0.3 is 4.90 Å². The van der Waals surface area contributed by atoms with Gasteiger partial charge in [-0.25, -0.2) is 0 Å². The van der Waals surface area contributed by atoms with E-state index in [0.29, 0.717) is 12.3 Å². The second-order valence-corrected chi connectivity index (χ2v) is 11.0. The largest absolute Gasteiger partial charge is 0.308 e. The van der Waals surface area contributed by atoms with Crippen LogP contribution in [-0.2, 0) is 6.54 Å². The topological polar surface area (TPSA) is 42.3 Å². The molecule has 6 rings (SSSR count). The number of rotatable bonds is 5. The second kappa shape index (κ2) is 6.53. The first-order valence-electron chi connectivity index (χ1n) is 10.7. The molecule has 2 aromatic rings. The maximum atomic E-state index is 13.6. The molecule has 4 saturated carbocycles. The van der Waals surface area contributed by atoms with Crippen LogP contribution >= 0.6 is 11.3 Å². The van der Waals surface area contributed by atoms with Gasteiger partial charge in [-0.05, 0) is 95.5 Å². The summed E-state index contributed by atoms with van der Waals surface area (Å²) >= 11 is 1.28. The lowest BCUT2D eigenvalue weighted by atomic mass is 9.48. The van der Waals surface area contributed by atoms with Gasteiger partial charge in [-0.1, -0.05) is 11.3 Å². The summed E-state index contributed by atoms with van der Waals surface area (Å²) in [4.78, 5) is 28.4. The molecule has 150 valence electrons. The molecule has 4 aliphatic carbocycles. The molecule has 1 heterocycles. The van der Waals surface area contributed by atoms with Gasteiger partial charge in [0.2, 0.25) is 0 Å². The predicted octanol–water partition coefficient (Wildman–Crippen LogP) is 4.41. The van der Waals surface area contributed by atoms with Gasteiger partial charge >= 0.3 is 4.87 Å². The number of ketones is 1. The fourth-order valence-corrected chi connectivity index (χ4v) is 7.44. The lowest BCUT2D eigenvalue weighted by molar-refractivity contribution is -0.0352. The molecule has 4 fully saturated rings. The molecular weight excluding hydrogens is 368 g/mol. The highest BCUT2D eigenvalue weighted by Crippen LogP contribution is 2.61. The summed E-state index contributed by atoms with van der Waals surface area (Å²) in [6, 6.07) is 6.26. The Morgan fingerprint density at radius 1 is 1.18 bits per heavy atom. The molecule has 5 heteroatoms. The van der Waals surface area contributed by atoms with Crippen molar-refractivity contribution in [1.82, 2.24) is 9.47 Å². The fraction of sp³-hybridized carbons (Fsp3) is 0.652. The molecule has 0 N–H and O–H groups in total. The predicted molar refractivity (Wildman–Crippen MR) is 114 cm³/mol. The van der Waals surface area contributed by atoms with Crippen LogP contribution in [0.1, 0.15) is 55.8 Å². The summed E-state index contributed by atoms with van der Waals surface area (Å²) in [5.74, 6) is 2.65. The van der Waals surface area contributed by atoms with Crippen molar-refractivity contribution >= 4 is 27.3 Å². The van der Waals surface area contributed by atoms with Gasteiger partial charge in [-0.3, -0.25) is 14.2 Å². The summed E-state index contributed by atoms with van der Waals surface area (Å²) in [5, 5.41) is 0. The standard InChI is InChI=1S/C23H30N2O2S/c1-14(24(2)3)13-25-19-5-4-18(9-20(19)28-22(25)27)21(26)23-10-15-6-16(11-23)8-17(7-15)12-23/h4-5,9,14-17H,6-8,10-13H2,1-3H3. The SMILES string of the molecule is CC(Cn1c(=O)sc2cc(C(=O)C34CC5CC(CC(C5)C3)C4)ccc21)N(C)C. The summed E-state index contributed by atoms with van der Waals surface area (Å²) in [7, 11) is 4.07. The van der Waals surface area contributed by atoms with Crippen LogP contribution in [0.4, 0.5) is 0 Å². The average Bonchev–Trinajstić information content (AvgIpc) is 2.94. The van der Waals surface area contributed by atoms with E-state index in [1.165, 1.54) is 30.6 Å². The molecule has 4 bridgehead atoms. The van der Waals surface area contributed by atoms with Crippen LogP contribution in [0.2, 0.25) is 0 Å². The van der Waals surface area contributed by atoms with Gasteiger partial charge in [0, 0.05) is 23.6 Å². The van der Waals surface area contributed by atoms with Crippen LogP contribution in [0, 0.1) is 23.2 Å². The Morgan fingerprint density at radius 3 is 2.36 bits per heavy atom. The van der Waals surface area contributed by atoms with Gasteiger partial charge in [0.1, 0.15) is 0 Å². The Balaban J connectivity index is 1.47. The fourth-order valence-electron chi connectivity index (χ4n) is 6.50. The van der Waals surface area contributed by atoms with Crippen molar-refractivity contribution in [2.75, 3.05) is 14.1 Å². The van der Waals surface area contributed by atoms with Crippen molar-refractivity contribution in [1.29, 1.82) is 0 Å². The highest BCUT2D eigenvalue weighted by molar-refractivity contribution is 7.16. The Hall–Kier alpha value is -1.46. The molecule has 0 radical (unpaired) electrons. The molecule has 4 nitrogen and oxygen atoms in total. The lowest BCUT2D eigenvalue weighted by Gasteiger charge is -2.56. The third-order valence-electron chi connectivity index (χ3n) is 7.78. The summed E-state index contributed by atoms with van der Waals surface area (Å²) < 4.78 is 2.82. The molecule has 28 heavy (non-hydrogen) atoms. The van der Waals surface area contributed by atoms with Crippen LogP contribution < -0.4 is 4.87 Å². The van der Waals surface area contributed by atoms with Crippen molar-refractivity contribution in [3.63, 3.8) is 0 Å². The summed E-state index contributed by atoms with van der Waals surface area (Å²) in [5.41, 5.74) is 1.67. The zero-order chi connectivity index (χ0) is 19.6. The van der Waals surface area contributed by atoms with E-state index >= 15 is 0 Å². The molecule has 0 aliphatic heterocycles. The number of hydrogen-bond acceptors (Lipinski definition) is 4. The molecule has 1 unspecified atom stereocenters. The highest BCUT2D eigenvalue weighted by Gasteiger charge is 2.54. The van der Waals surface area contributed by atoms with Crippen molar-refractivity contribution in [3.8, 4) is 0 Å². The molecule has 1 atom stereocenters. The zero-order valence-electron chi connectivity index (χ0n) is 17.1. The maximum absolute atomic E-state index is 13.6. The number of likely N-dealkylation sites (N-methyl/N-ethyl adjacent to an activating group) is 1. The van der Waals surface area contributed by atoms with Crippen LogP contribution in [-0.4, -0.2) is 35.4 Å². The quantitative estimate of drug-likeness (QED) is 0.701. The van der Waals surface area contributed by atoms with E-state index in [9.17, 15) is 9.59 Å². The first-order chi connectivity index (χ1) is 13.3. The van der Waals surface area contributed by atoms with E-state index < -0.39 is 0 Å². The first kappa shape index (κ1) is 18.6. The van der Waals surface area contributed by atoms with E-state index in [4.69, 9.17) is 0 Å². The van der Waals surface area contributed by atoms with Gasteiger partial charge in [0.15, 0.2) is 5.78 Å². The van der Waals surface area contributed by atoms with Gasteiger partial charge in [-0.2, -0.15) is 0 Å². The number of hydrogen-bond donors (Lipinski definition) is 0. The third kappa shape index (κ3) is 2.89. The van der Waals surface area contributed by atoms with E-state index in [-0.39, 0.29) is 16.3 Å². The first-order valence-corrected chi connectivity index (χ1v) is 11.5. The van der Waals surface area contributed by atoms with E-state index in [0.717, 1.165) is 52.8 Å². The number of benzene rings is 1. The van der Waals surface area contributed by atoms with E-state index in [1.54, 1.807) is 0 Å². The minimum atomic E-state index is -0.116. The average molecular weight is 399 g/mol. The number of fused-ring (bicyclic) bond motifs is 1. The maximum Gasteiger partial charge on any atom is 0.308 e. The van der Waals surface area contributed by atoms with Crippen LogP contribution in [0.5, 0.6) is 0 Å². The van der Waals surface area contributed by atoms with Crippen LogP contribution in [0.25, 0.3) is 10.2 Å². The van der Waals surface area contributed by atoms with Gasteiger partial charge in [0.05, 0.1) is 10.2 Å². The number of Topliss-reactive ketones (excluding diaryl/α,β-unsaturated/α-hetero) is 1. The Bertz CT molecular complexity index is 951. The molecule has 1 aromatic heterocycles. The van der Waals surface area contributed by atoms with Crippen molar-refractivity contribution in [2.24, 2.45) is 23.2 Å². The molecule has 1 aromatic carbocycles. The highest BCUT2D eigenvalue weighted by atomic mass is 32.1. The van der Waals surface area contributed by atoms with Crippen molar-refractivity contribution in [3.05, 3.63) is 33.4 Å². The number of carbonyl (C=O) groups is 1. The van der Waals surface area contributed by atoms with Gasteiger partial charge in [-0.15, -0.1) is 0 Å². The van der Waals surface area contributed by atoms with E-state index in [2.05, 4.69) is 11.8 Å². The second-order valence-electron chi connectivity index (χ2n) is 10.0. The Kier molecular flexibility index (Phi) is 4.33. The number of thiazole rings is 1. The number of carbonyl (C=O) groups excluding carboxylic acids is 1. The molecule has 0 saturated heterocycles.